The van der Waals surface area contributed by atoms with Crippen LogP contribution in [0.25, 0.3) is 0 Å². The van der Waals surface area contributed by atoms with E-state index in [-0.39, 0.29) is 23.6 Å². The molecule has 174 valence electrons. The van der Waals surface area contributed by atoms with E-state index in [4.69, 9.17) is 9.47 Å². The van der Waals surface area contributed by atoms with E-state index in [0.29, 0.717) is 29.2 Å². The summed E-state index contributed by atoms with van der Waals surface area (Å²) in [5, 5.41) is 7.15. The van der Waals surface area contributed by atoms with Crippen molar-refractivity contribution in [2.24, 2.45) is 0 Å². The van der Waals surface area contributed by atoms with Crippen molar-refractivity contribution in [3.8, 4) is 5.75 Å². The lowest BCUT2D eigenvalue weighted by atomic mass is 9.81. The molecule has 1 aromatic carbocycles. The van der Waals surface area contributed by atoms with Gasteiger partial charge in [-0.2, -0.15) is 0 Å². The predicted octanol–water partition coefficient (Wildman–Crippen LogP) is 5.52. The summed E-state index contributed by atoms with van der Waals surface area (Å²) in [4.78, 5) is 27.0. The summed E-state index contributed by atoms with van der Waals surface area (Å²) in [6.45, 7) is 13.3. The molecule has 0 saturated heterocycles. The van der Waals surface area contributed by atoms with E-state index in [1.165, 1.54) is 11.3 Å². The first-order valence-corrected chi connectivity index (χ1v) is 12.1. The van der Waals surface area contributed by atoms with E-state index < -0.39 is 5.97 Å². The van der Waals surface area contributed by atoms with Crippen LogP contribution >= 0.6 is 11.3 Å². The molecule has 1 aliphatic rings. The lowest BCUT2D eigenvalue weighted by Crippen LogP contribution is -2.55. The second-order valence-corrected chi connectivity index (χ2v) is 10.3. The minimum Gasteiger partial charge on any atom is -0.494 e. The molecule has 2 heterocycles. The summed E-state index contributed by atoms with van der Waals surface area (Å²) in [7, 11) is 0. The molecule has 0 radical (unpaired) electrons. The largest absolute Gasteiger partial charge is 0.494 e. The Morgan fingerprint density at radius 3 is 2.44 bits per heavy atom. The van der Waals surface area contributed by atoms with E-state index >= 15 is 0 Å². The van der Waals surface area contributed by atoms with Crippen LogP contribution in [-0.4, -0.2) is 30.6 Å². The molecule has 0 bridgehead atoms. The Bertz CT molecular complexity index is 977. The van der Waals surface area contributed by atoms with Gasteiger partial charge in [-0.15, -0.1) is 11.3 Å². The standard InChI is InChI=1S/C25H34N2O4S/c1-7-9-14-31-17-12-10-16(11-13-17)21(28)26-22-19(23(29)30-8-2)18-15-24(3,4)27-25(5,6)20(18)32-22/h10-13,27H,7-9,14-15H2,1-6H3,(H,26,28). The number of hydrogen-bond acceptors (Lipinski definition) is 6. The summed E-state index contributed by atoms with van der Waals surface area (Å²) < 4.78 is 11.0. The van der Waals surface area contributed by atoms with Crippen molar-refractivity contribution in [1.82, 2.24) is 5.32 Å². The third-order valence-electron chi connectivity index (χ3n) is 5.43. The number of anilines is 1. The second-order valence-electron chi connectivity index (χ2n) is 9.33. The lowest BCUT2D eigenvalue weighted by Gasteiger charge is -2.42. The van der Waals surface area contributed by atoms with E-state index in [2.05, 4.69) is 45.3 Å². The minimum absolute atomic E-state index is 0.187. The fourth-order valence-corrected chi connectivity index (χ4v) is 5.51. The molecule has 1 amide bonds. The second kappa shape index (κ2) is 9.63. The molecule has 0 atom stereocenters. The van der Waals surface area contributed by atoms with E-state index in [9.17, 15) is 9.59 Å². The van der Waals surface area contributed by atoms with Crippen molar-refractivity contribution in [2.45, 2.75) is 71.9 Å². The lowest BCUT2D eigenvalue weighted by molar-refractivity contribution is 0.0525. The number of hydrogen-bond donors (Lipinski definition) is 2. The van der Waals surface area contributed by atoms with Gasteiger partial charge in [0, 0.05) is 21.5 Å². The highest BCUT2D eigenvalue weighted by molar-refractivity contribution is 7.17. The molecule has 0 aliphatic carbocycles. The summed E-state index contributed by atoms with van der Waals surface area (Å²) >= 11 is 1.44. The van der Waals surface area contributed by atoms with Gasteiger partial charge in [0.15, 0.2) is 0 Å². The van der Waals surface area contributed by atoms with Gasteiger partial charge in [-0.3, -0.25) is 4.79 Å². The number of carbonyl (C=O) groups is 2. The zero-order valence-corrected chi connectivity index (χ0v) is 20.7. The quantitative estimate of drug-likeness (QED) is 0.403. The van der Waals surface area contributed by atoms with Crippen molar-refractivity contribution in [3.63, 3.8) is 0 Å². The molecule has 6 nitrogen and oxygen atoms in total. The number of ether oxygens (including phenoxy) is 2. The molecule has 1 aromatic heterocycles. The Hall–Kier alpha value is -2.38. The Labute approximate surface area is 194 Å². The first-order valence-electron chi connectivity index (χ1n) is 11.2. The van der Waals surface area contributed by atoms with Crippen LogP contribution < -0.4 is 15.4 Å². The third-order valence-corrected chi connectivity index (χ3v) is 6.91. The maximum absolute atomic E-state index is 13.0. The van der Waals surface area contributed by atoms with Crippen LogP contribution in [-0.2, 0) is 16.7 Å². The molecule has 0 unspecified atom stereocenters. The predicted molar refractivity (Wildman–Crippen MR) is 129 cm³/mol. The number of fused-ring (bicyclic) bond motifs is 1. The highest BCUT2D eigenvalue weighted by Crippen LogP contribution is 2.45. The first kappa shape index (κ1) is 24.3. The van der Waals surface area contributed by atoms with Crippen LogP contribution in [0.15, 0.2) is 24.3 Å². The zero-order valence-electron chi connectivity index (χ0n) is 19.9. The van der Waals surface area contributed by atoms with Gasteiger partial charge in [0.05, 0.1) is 18.8 Å². The Morgan fingerprint density at radius 1 is 1.12 bits per heavy atom. The molecule has 7 heteroatoms. The van der Waals surface area contributed by atoms with Crippen LogP contribution in [0.2, 0.25) is 0 Å². The molecule has 32 heavy (non-hydrogen) atoms. The van der Waals surface area contributed by atoms with Gasteiger partial charge >= 0.3 is 5.97 Å². The van der Waals surface area contributed by atoms with Crippen LogP contribution in [0.5, 0.6) is 5.75 Å². The van der Waals surface area contributed by atoms with Crippen LogP contribution in [0.1, 0.15) is 85.5 Å². The Morgan fingerprint density at radius 2 is 1.81 bits per heavy atom. The van der Waals surface area contributed by atoms with E-state index in [1.54, 1.807) is 31.2 Å². The number of amides is 1. The van der Waals surface area contributed by atoms with Crippen molar-refractivity contribution in [3.05, 3.63) is 45.8 Å². The van der Waals surface area contributed by atoms with Crippen molar-refractivity contribution >= 4 is 28.2 Å². The van der Waals surface area contributed by atoms with Gasteiger partial charge in [-0.25, -0.2) is 4.79 Å². The number of rotatable bonds is 8. The first-order chi connectivity index (χ1) is 15.1. The SMILES string of the molecule is CCCCOc1ccc(C(=O)Nc2sc3c(c2C(=O)OCC)CC(C)(C)NC3(C)C)cc1. The van der Waals surface area contributed by atoms with Gasteiger partial charge in [0.2, 0.25) is 0 Å². The smallest absolute Gasteiger partial charge is 0.341 e. The number of unbranched alkanes of at least 4 members (excludes halogenated alkanes) is 1. The number of carbonyl (C=O) groups excluding carboxylic acids is 2. The number of nitrogens with one attached hydrogen (secondary N) is 2. The molecule has 0 fully saturated rings. The average molecular weight is 459 g/mol. The monoisotopic (exact) mass is 458 g/mol. The van der Waals surface area contributed by atoms with Gasteiger partial charge in [-0.05, 0) is 77.3 Å². The Kier molecular flexibility index (Phi) is 7.30. The summed E-state index contributed by atoms with van der Waals surface area (Å²) in [5.74, 6) is 0.0802. The zero-order chi connectivity index (χ0) is 23.5. The Balaban J connectivity index is 1.90. The maximum atomic E-state index is 13.0. The summed E-state index contributed by atoms with van der Waals surface area (Å²) in [5.41, 5.74) is 1.42. The van der Waals surface area contributed by atoms with Crippen molar-refractivity contribution in [2.75, 3.05) is 18.5 Å². The molecule has 2 N–H and O–H groups in total. The van der Waals surface area contributed by atoms with Crippen LogP contribution in [0.4, 0.5) is 5.00 Å². The minimum atomic E-state index is -0.395. The average Bonchev–Trinajstić information content (AvgIpc) is 3.06. The third kappa shape index (κ3) is 5.33. The van der Waals surface area contributed by atoms with Gasteiger partial charge in [-0.1, -0.05) is 13.3 Å². The van der Waals surface area contributed by atoms with Crippen LogP contribution in [0, 0.1) is 0 Å². The molecule has 1 aliphatic heterocycles. The van der Waals surface area contributed by atoms with Crippen molar-refractivity contribution < 1.29 is 19.1 Å². The van der Waals surface area contributed by atoms with Gasteiger partial charge in [0.1, 0.15) is 10.8 Å². The molecular weight excluding hydrogens is 424 g/mol. The number of thiophene rings is 1. The highest BCUT2D eigenvalue weighted by Gasteiger charge is 2.42. The van der Waals surface area contributed by atoms with Crippen LogP contribution in [0.3, 0.4) is 0 Å². The fourth-order valence-electron chi connectivity index (χ4n) is 4.25. The van der Waals surface area contributed by atoms with E-state index in [1.807, 2.05) is 0 Å². The summed E-state index contributed by atoms with van der Waals surface area (Å²) in [6.07, 6.45) is 2.73. The topological polar surface area (TPSA) is 76.7 Å². The maximum Gasteiger partial charge on any atom is 0.341 e. The molecule has 0 saturated carbocycles. The number of benzene rings is 1. The molecular formula is C25H34N2O4S. The molecule has 3 rings (SSSR count). The molecule has 2 aromatic rings. The summed E-state index contributed by atoms with van der Waals surface area (Å²) in [6, 6.07) is 7.07. The van der Waals surface area contributed by atoms with Gasteiger partial charge in [0.25, 0.3) is 5.91 Å². The van der Waals surface area contributed by atoms with Crippen molar-refractivity contribution in [1.29, 1.82) is 0 Å². The normalized spacial score (nSPS) is 16.2. The highest BCUT2D eigenvalue weighted by atomic mass is 32.1. The van der Waals surface area contributed by atoms with E-state index in [0.717, 1.165) is 29.0 Å². The van der Waals surface area contributed by atoms with Gasteiger partial charge < -0.3 is 20.1 Å². The molecule has 0 spiro atoms. The fraction of sp³-hybridized carbons (Fsp3) is 0.520. The number of esters is 1.